The Balaban J connectivity index is 2.02. The molecule has 0 aromatic rings. The standard InChI is InChI=1S/C11H21N/c1-9-7-11(8-10(9)2)5-3-4-6-12-11/h9-10,12H,3-8H2,1-2H3/t9-,10+,11?. The van der Waals surface area contributed by atoms with Crippen LogP contribution in [-0.4, -0.2) is 12.1 Å². The number of hydrogen-bond donors (Lipinski definition) is 1. The molecular formula is C11H21N. The Kier molecular flexibility index (Phi) is 2.16. The summed E-state index contributed by atoms with van der Waals surface area (Å²) in [6.45, 7) is 6.09. The number of piperidine rings is 1. The van der Waals surface area contributed by atoms with Gasteiger partial charge in [-0.2, -0.15) is 0 Å². The first kappa shape index (κ1) is 8.55. The van der Waals surface area contributed by atoms with Crippen molar-refractivity contribution < 1.29 is 0 Å². The Morgan fingerprint density at radius 1 is 1.08 bits per heavy atom. The molecule has 1 unspecified atom stereocenters. The van der Waals surface area contributed by atoms with Gasteiger partial charge in [0.25, 0.3) is 0 Å². The average Bonchev–Trinajstić information content (AvgIpc) is 2.29. The quantitative estimate of drug-likeness (QED) is 0.584. The van der Waals surface area contributed by atoms with Crippen LogP contribution in [0.15, 0.2) is 0 Å². The topological polar surface area (TPSA) is 12.0 Å². The van der Waals surface area contributed by atoms with Crippen molar-refractivity contribution in [2.45, 2.75) is 51.5 Å². The molecule has 0 aromatic heterocycles. The Morgan fingerprint density at radius 2 is 1.75 bits per heavy atom. The summed E-state index contributed by atoms with van der Waals surface area (Å²) in [5, 5.41) is 3.76. The maximum Gasteiger partial charge on any atom is 0.0186 e. The number of hydrogen-bond acceptors (Lipinski definition) is 1. The van der Waals surface area contributed by atoms with Crippen molar-refractivity contribution >= 4 is 0 Å². The van der Waals surface area contributed by atoms with E-state index in [0.29, 0.717) is 5.54 Å². The SMILES string of the molecule is C[C@@H]1CC2(CCCCN2)C[C@@H]1C. The van der Waals surface area contributed by atoms with Gasteiger partial charge in [-0.3, -0.25) is 0 Å². The lowest BCUT2D eigenvalue weighted by Crippen LogP contribution is -2.46. The molecule has 1 saturated carbocycles. The van der Waals surface area contributed by atoms with Gasteiger partial charge in [0, 0.05) is 5.54 Å². The highest BCUT2D eigenvalue weighted by atomic mass is 15.0. The van der Waals surface area contributed by atoms with Crippen molar-refractivity contribution in [3.8, 4) is 0 Å². The molecule has 0 amide bonds. The van der Waals surface area contributed by atoms with Crippen LogP contribution in [0.3, 0.4) is 0 Å². The molecular weight excluding hydrogens is 146 g/mol. The zero-order chi connectivity index (χ0) is 8.60. The monoisotopic (exact) mass is 167 g/mol. The first-order valence-electron chi connectivity index (χ1n) is 5.47. The van der Waals surface area contributed by atoms with Crippen molar-refractivity contribution in [1.29, 1.82) is 0 Å². The molecule has 0 aromatic carbocycles. The molecule has 0 radical (unpaired) electrons. The second-order valence-corrected chi connectivity index (χ2v) is 5.03. The fourth-order valence-corrected chi connectivity index (χ4v) is 3.10. The molecule has 1 saturated heterocycles. The second kappa shape index (κ2) is 3.02. The zero-order valence-electron chi connectivity index (χ0n) is 8.40. The van der Waals surface area contributed by atoms with Gasteiger partial charge in [-0.05, 0) is 44.1 Å². The van der Waals surface area contributed by atoms with E-state index in [0.717, 1.165) is 11.8 Å². The van der Waals surface area contributed by atoms with Crippen molar-refractivity contribution in [3.05, 3.63) is 0 Å². The maximum atomic E-state index is 3.76. The smallest absolute Gasteiger partial charge is 0.0186 e. The lowest BCUT2D eigenvalue weighted by atomic mass is 9.86. The van der Waals surface area contributed by atoms with Crippen LogP contribution in [-0.2, 0) is 0 Å². The van der Waals surface area contributed by atoms with Gasteiger partial charge in [-0.25, -0.2) is 0 Å². The van der Waals surface area contributed by atoms with Gasteiger partial charge in [0.15, 0.2) is 0 Å². The van der Waals surface area contributed by atoms with Crippen LogP contribution >= 0.6 is 0 Å². The van der Waals surface area contributed by atoms with Crippen LogP contribution in [0.4, 0.5) is 0 Å². The van der Waals surface area contributed by atoms with E-state index in [1.165, 1.54) is 38.6 Å². The predicted octanol–water partition coefficient (Wildman–Crippen LogP) is 2.56. The predicted molar refractivity (Wildman–Crippen MR) is 52.1 cm³/mol. The van der Waals surface area contributed by atoms with Crippen LogP contribution in [0, 0.1) is 11.8 Å². The Morgan fingerprint density at radius 3 is 2.25 bits per heavy atom. The molecule has 1 aliphatic heterocycles. The number of nitrogens with one attached hydrogen (secondary N) is 1. The Labute approximate surface area is 75.9 Å². The molecule has 1 spiro atoms. The van der Waals surface area contributed by atoms with Crippen LogP contribution in [0.25, 0.3) is 0 Å². The van der Waals surface area contributed by atoms with Gasteiger partial charge in [-0.15, -0.1) is 0 Å². The van der Waals surface area contributed by atoms with E-state index in [1.807, 2.05) is 0 Å². The minimum absolute atomic E-state index is 0.567. The third-order valence-electron chi connectivity index (χ3n) is 3.98. The Bertz CT molecular complexity index is 146. The molecule has 2 rings (SSSR count). The van der Waals surface area contributed by atoms with Gasteiger partial charge in [-0.1, -0.05) is 20.3 Å². The zero-order valence-corrected chi connectivity index (χ0v) is 8.40. The van der Waals surface area contributed by atoms with Gasteiger partial charge in [0.05, 0.1) is 0 Å². The van der Waals surface area contributed by atoms with E-state index in [9.17, 15) is 0 Å². The van der Waals surface area contributed by atoms with E-state index in [1.54, 1.807) is 0 Å². The summed E-state index contributed by atoms with van der Waals surface area (Å²) >= 11 is 0. The molecule has 1 heteroatoms. The van der Waals surface area contributed by atoms with Crippen molar-refractivity contribution in [2.75, 3.05) is 6.54 Å². The van der Waals surface area contributed by atoms with Crippen molar-refractivity contribution in [1.82, 2.24) is 5.32 Å². The molecule has 2 aliphatic rings. The summed E-state index contributed by atoms with van der Waals surface area (Å²) in [6.07, 6.45) is 7.13. The third-order valence-corrected chi connectivity index (χ3v) is 3.98. The molecule has 1 heterocycles. The highest BCUT2D eigenvalue weighted by Gasteiger charge is 2.41. The van der Waals surface area contributed by atoms with Gasteiger partial charge in [0.1, 0.15) is 0 Å². The molecule has 1 nitrogen and oxygen atoms in total. The molecule has 12 heavy (non-hydrogen) atoms. The molecule has 1 N–H and O–H groups in total. The fraction of sp³-hybridized carbons (Fsp3) is 1.00. The van der Waals surface area contributed by atoms with E-state index < -0.39 is 0 Å². The summed E-state index contributed by atoms with van der Waals surface area (Å²) in [4.78, 5) is 0. The van der Waals surface area contributed by atoms with E-state index >= 15 is 0 Å². The summed E-state index contributed by atoms with van der Waals surface area (Å²) in [5.74, 6) is 1.88. The van der Waals surface area contributed by atoms with Crippen LogP contribution < -0.4 is 5.32 Å². The minimum atomic E-state index is 0.567. The van der Waals surface area contributed by atoms with Crippen molar-refractivity contribution in [3.63, 3.8) is 0 Å². The van der Waals surface area contributed by atoms with E-state index in [-0.39, 0.29) is 0 Å². The fourth-order valence-electron chi connectivity index (χ4n) is 3.10. The second-order valence-electron chi connectivity index (χ2n) is 5.03. The maximum absolute atomic E-state index is 3.76. The summed E-state index contributed by atoms with van der Waals surface area (Å²) in [7, 11) is 0. The third kappa shape index (κ3) is 1.39. The summed E-state index contributed by atoms with van der Waals surface area (Å²) in [6, 6.07) is 0. The van der Waals surface area contributed by atoms with E-state index in [4.69, 9.17) is 0 Å². The van der Waals surface area contributed by atoms with Gasteiger partial charge >= 0.3 is 0 Å². The number of rotatable bonds is 0. The minimum Gasteiger partial charge on any atom is -0.311 e. The molecule has 1 aliphatic carbocycles. The highest BCUT2D eigenvalue weighted by Crippen LogP contribution is 2.42. The normalized spacial score (nSPS) is 48.5. The first-order chi connectivity index (χ1) is 5.72. The molecule has 3 atom stereocenters. The molecule has 0 bridgehead atoms. The van der Waals surface area contributed by atoms with Crippen LogP contribution in [0.2, 0.25) is 0 Å². The van der Waals surface area contributed by atoms with Crippen LogP contribution in [0.5, 0.6) is 0 Å². The molecule has 70 valence electrons. The molecule has 2 fully saturated rings. The van der Waals surface area contributed by atoms with E-state index in [2.05, 4.69) is 19.2 Å². The summed E-state index contributed by atoms with van der Waals surface area (Å²) in [5.41, 5.74) is 0.567. The lowest BCUT2D eigenvalue weighted by molar-refractivity contribution is 0.251. The average molecular weight is 167 g/mol. The van der Waals surface area contributed by atoms with Gasteiger partial charge < -0.3 is 5.32 Å². The lowest BCUT2D eigenvalue weighted by Gasteiger charge is -2.35. The highest BCUT2D eigenvalue weighted by molar-refractivity contribution is 4.99. The first-order valence-corrected chi connectivity index (χ1v) is 5.47. The Hall–Kier alpha value is -0.0400. The van der Waals surface area contributed by atoms with Crippen molar-refractivity contribution in [2.24, 2.45) is 11.8 Å². The van der Waals surface area contributed by atoms with Gasteiger partial charge in [0.2, 0.25) is 0 Å². The summed E-state index contributed by atoms with van der Waals surface area (Å²) < 4.78 is 0. The van der Waals surface area contributed by atoms with Crippen LogP contribution in [0.1, 0.15) is 46.0 Å². The largest absolute Gasteiger partial charge is 0.311 e.